The SMILES string of the molecule is CC(C(=O)NC(=O)NC1CCCC1)N1CCN(CC(=O)Nc2ccccc2)CC1. The topological polar surface area (TPSA) is 93.8 Å². The Morgan fingerprint density at radius 3 is 2.34 bits per heavy atom. The standard InChI is InChI=1S/C21H31N5O3/c1-16(20(28)24-21(29)23-18-9-5-6-10-18)26-13-11-25(12-14-26)15-19(27)22-17-7-3-2-4-8-17/h2-4,7-8,16,18H,5-6,9-15H2,1H3,(H,22,27)(H2,23,24,28,29). The Bertz CT molecular complexity index is 698. The molecule has 1 atom stereocenters. The van der Waals surface area contributed by atoms with Crippen LogP contribution in [0, 0.1) is 0 Å². The molecule has 1 aliphatic heterocycles. The van der Waals surface area contributed by atoms with Crippen molar-refractivity contribution >= 4 is 23.5 Å². The summed E-state index contributed by atoms with van der Waals surface area (Å²) in [5.41, 5.74) is 0.789. The van der Waals surface area contributed by atoms with Gasteiger partial charge in [-0.1, -0.05) is 31.0 Å². The van der Waals surface area contributed by atoms with Gasteiger partial charge in [0.2, 0.25) is 11.8 Å². The van der Waals surface area contributed by atoms with Crippen LogP contribution in [-0.2, 0) is 9.59 Å². The van der Waals surface area contributed by atoms with Gasteiger partial charge in [0.1, 0.15) is 0 Å². The lowest BCUT2D eigenvalue weighted by Gasteiger charge is -2.37. The minimum absolute atomic E-state index is 0.0426. The van der Waals surface area contributed by atoms with E-state index < -0.39 is 6.03 Å². The van der Waals surface area contributed by atoms with Gasteiger partial charge in [-0.05, 0) is 31.9 Å². The lowest BCUT2D eigenvalue weighted by atomic mass is 10.2. The van der Waals surface area contributed by atoms with Crippen molar-refractivity contribution in [1.29, 1.82) is 0 Å². The van der Waals surface area contributed by atoms with E-state index in [1.807, 2.05) is 42.2 Å². The van der Waals surface area contributed by atoms with Crippen molar-refractivity contribution in [2.24, 2.45) is 0 Å². The molecular formula is C21H31N5O3. The highest BCUT2D eigenvalue weighted by Gasteiger charge is 2.28. The van der Waals surface area contributed by atoms with Gasteiger partial charge >= 0.3 is 6.03 Å². The number of piperazine rings is 1. The molecule has 3 N–H and O–H groups in total. The van der Waals surface area contributed by atoms with Crippen LogP contribution in [0.3, 0.4) is 0 Å². The third-order valence-corrected chi connectivity index (χ3v) is 5.69. The van der Waals surface area contributed by atoms with Gasteiger partial charge in [0.15, 0.2) is 0 Å². The van der Waals surface area contributed by atoms with Crippen LogP contribution in [-0.4, -0.2) is 72.5 Å². The molecular weight excluding hydrogens is 370 g/mol. The molecule has 0 bridgehead atoms. The Kier molecular flexibility index (Phi) is 7.60. The zero-order valence-electron chi connectivity index (χ0n) is 17.0. The monoisotopic (exact) mass is 401 g/mol. The average molecular weight is 402 g/mol. The molecule has 1 heterocycles. The number of carbonyl (C=O) groups excluding carboxylic acids is 3. The number of urea groups is 1. The Morgan fingerprint density at radius 2 is 1.69 bits per heavy atom. The van der Waals surface area contributed by atoms with Crippen LogP contribution >= 0.6 is 0 Å². The Balaban J connectivity index is 1.37. The van der Waals surface area contributed by atoms with E-state index in [1.54, 1.807) is 0 Å². The minimum Gasteiger partial charge on any atom is -0.335 e. The second-order valence-corrected chi connectivity index (χ2v) is 7.85. The lowest BCUT2D eigenvalue weighted by molar-refractivity contribution is -0.126. The molecule has 0 aromatic heterocycles. The molecule has 8 heteroatoms. The van der Waals surface area contributed by atoms with Gasteiger partial charge < -0.3 is 10.6 Å². The fourth-order valence-corrected chi connectivity index (χ4v) is 3.91. The van der Waals surface area contributed by atoms with Gasteiger partial charge in [-0.25, -0.2) is 4.79 Å². The summed E-state index contributed by atoms with van der Waals surface area (Å²) in [6.07, 6.45) is 4.22. The highest BCUT2D eigenvalue weighted by atomic mass is 16.2. The number of rotatable bonds is 6. The summed E-state index contributed by atoms with van der Waals surface area (Å²) in [6.45, 7) is 4.90. The van der Waals surface area contributed by atoms with Gasteiger partial charge in [0.05, 0.1) is 12.6 Å². The maximum Gasteiger partial charge on any atom is 0.321 e. The summed E-state index contributed by atoms with van der Waals surface area (Å²) in [7, 11) is 0. The van der Waals surface area contributed by atoms with E-state index in [9.17, 15) is 14.4 Å². The van der Waals surface area contributed by atoms with Crippen LogP contribution < -0.4 is 16.0 Å². The normalized spacial score (nSPS) is 19.5. The van der Waals surface area contributed by atoms with Crippen molar-refractivity contribution in [2.45, 2.75) is 44.7 Å². The number of nitrogens with one attached hydrogen (secondary N) is 3. The van der Waals surface area contributed by atoms with E-state index in [4.69, 9.17) is 0 Å². The van der Waals surface area contributed by atoms with Crippen LogP contribution in [0.2, 0.25) is 0 Å². The Labute approximate surface area is 172 Å². The molecule has 1 aromatic rings. The molecule has 2 aliphatic rings. The Hall–Kier alpha value is -2.45. The minimum atomic E-state index is -0.398. The maximum atomic E-state index is 12.4. The van der Waals surface area contributed by atoms with E-state index >= 15 is 0 Å². The van der Waals surface area contributed by atoms with E-state index in [2.05, 4.69) is 20.9 Å². The molecule has 3 rings (SSSR count). The van der Waals surface area contributed by atoms with Crippen LogP contribution in [0.1, 0.15) is 32.6 Å². The smallest absolute Gasteiger partial charge is 0.321 e. The molecule has 0 radical (unpaired) electrons. The van der Waals surface area contributed by atoms with Gasteiger partial charge in [-0.2, -0.15) is 0 Å². The van der Waals surface area contributed by atoms with Crippen molar-refractivity contribution in [1.82, 2.24) is 20.4 Å². The van der Waals surface area contributed by atoms with Crippen molar-refractivity contribution in [3.8, 4) is 0 Å². The third kappa shape index (κ3) is 6.54. The number of anilines is 1. The van der Waals surface area contributed by atoms with E-state index in [1.165, 1.54) is 0 Å². The van der Waals surface area contributed by atoms with Crippen molar-refractivity contribution < 1.29 is 14.4 Å². The number of carbonyl (C=O) groups is 3. The zero-order valence-corrected chi connectivity index (χ0v) is 17.0. The largest absolute Gasteiger partial charge is 0.335 e. The van der Waals surface area contributed by atoms with Crippen molar-refractivity contribution in [3.63, 3.8) is 0 Å². The molecule has 8 nitrogen and oxygen atoms in total. The molecule has 158 valence electrons. The first kappa shape index (κ1) is 21.3. The number of amides is 4. The van der Waals surface area contributed by atoms with Crippen molar-refractivity contribution in [3.05, 3.63) is 30.3 Å². The second kappa shape index (κ2) is 10.4. The summed E-state index contributed by atoms with van der Waals surface area (Å²) in [6, 6.07) is 8.80. The molecule has 1 aliphatic carbocycles. The second-order valence-electron chi connectivity index (χ2n) is 7.85. The molecule has 1 saturated heterocycles. The number of para-hydroxylation sites is 1. The molecule has 4 amide bonds. The predicted molar refractivity (Wildman–Crippen MR) is 111 cm³/mol. The zero-order chi connectivity index (χ0) is 20.6. The van der Waals surface area contributed by atoms with E-state index in [-0.39, 0.29) is 23.9 Å². The fraction of sp³-hybridized carbons (Fsp3) is 0.571. The maximum absolute atomic E-state index is 12.4. The van der Waals surface area contributed by atoms with Crippen LogP contribution in [0.5, 0.6) is 0 Å². The van der Waals surface area contributed by atoms with Crippen LogP contribution in [0.15, 0.2) is 30.3 Å². The summed E-state index contributed by atoms with van der Waals surface area (Å²) >= 11 is 0. The molecule has 1 saturated carbocycles. The van der Waals surface area contributed by atoms with Crippen LogP contribution in [0.25, 0.3) is 0 Å². The number of hydrogen-bond acceptors (Lipinski definition) is 5. The average Bonchev–Trinajstić information content (AvgIpc) is 3.21. The number of hydrogen-bond donors (Lipinski definition) is 3. The Morgan fingerprint density at radius 1 is 1.03 bits per heavy atom. The highest BCUT2D eigenvalue weighted by molar-refractivity contribution is 5.97. The highest BCUT2D eigenvalue weighted by Crippen LogP contribution is 2.17. The fourth-order valence-electron chi connectivity index (χ4n) is 3.91. The summed E-state index contributed by atoms with van der Waals surface area (Å²) in [4.78, 5) is 40.7. The van der Waals surface area contributed by atoms with Gasteiger partial charge in [-0.15, -0.1) is 0 Å². The predicted octanol–water partition coefficient (Wildman–Crippen LogP) is 1.40. The third-order valence-electron chi connectivity index (χ3n) is 5.69. The lowest BCUT2D eigenvalue weighted by Crippen LogP contribution is -2.56. The molecule has 1 aromatic carbocycles. The molecule has 0 spiro atoms. The van der Waals surface area contributed by atoms with Gasteiger partial charge in [-0.3, -0.25) is 24.7 Å². The first-order chi connectivity index (χ1) is 14.0. The first-order valence-corrected chi connectivity index (χ1v) is 10.4. The van der Waals surface area contributed by atoms with Gasteiger partial charge in [0, 0.05) is 37.9 Å². The first-order valence-electron chi connectivity index (χ1n) is 10.4. The molecule has 1 unspecified atom stereocenters. The van der Waals surface area contributed by atoms with E-state index in [0.29, 0.717) is 32.7 Å². The van der Waals surface area contributed by atoms with Crippen molar-refractivity contribution in [2.75, 3.05) is 38.0 Å². The number of nitrogens with zero attached hydrogens (tertiary/aromatic N) is 2. The molecule has 29 heavy (non-hydrogen) atoms. The number of imide groups is 1. The van der Waals surface area contributed by atoms with E-state index in [0.717, 1.165) is 31.4 Å². The number of benzene rings is 1. The molecule has 2 fully saturated rings. The van der Waals surface area contributed by atoms with Crippen LogP contribution in [0.4, 0.5) is 10.5 Å². The quantitative estimate of drug-likeness (QED) is 0.670. The summed E-state index contributed by atoms with van der Waals surface area (Å²) in [5.74, 6) is -0.324. The summed E-state index contributed by atoms with van der Waals surface area (Å²) in [5, 5.41) is 8.23. The van der Waals surface area contributed by atoms with Gasteiger partial charge in [0.25, 0.3) is 0 Å². The summed E-state index contributed by atoms with van der Waals surface area (Å²) < 4.78 is 0.